The molecule has 0 radical (unpaired) electrons. The third kappa shape index (κ3) is 7.70. The van der Waals surface area contributed by atoms with Crippen LogP contribution in [-0.2, 0) is 28.5 Å². The summed E-state index contributed by atoms with van der Waals surface area (Å²) < 4.78 is 0. The van der Waals surface area contributed by atoms with Crippen LogP contribution >= 0.6 is 0 Å². The molecule has 4 aliphatic rings. The zero-order valence-electron chi connectivity index (χ0n) is 25.9. The number of carboxylic acid groups (broad SMARTS) is 1. The van der Waals surface area contributed by atoms with Gasteiger partial charge in [-0.2, -0.15) is 0 Å². The van der Waals surface area contributed by atoms with Gasteiger partial charge in [0.05, 0.1) is 10.9 Å². The Morgan fingerprint density at radius 3 is 1.43 bits per heavy atom. The molecule has 0 saturated heterocycles. The first-order valence-corrected chi connectivity index (χ1v) is 17.9. The van der Waals surface area contributed by atoms with Crippen LogP contribution in [0.1, 0.15) is 102 Å². The molecule has 3 heteroatoms. The van der Waals surface area contributed by atoms with E-state index in [0.717, 1.165) is 19.3 Å². The van der Waals surface area contributed by atoms with E-state index in [1.165, 1.54) is 96.4 Å². The van der Waals surface area contributed by atoms with Crippen LogP contribution in [0, 0.1) is 23.2 Å². The van der Waals surface area contributed by atoms with Crippen LogP contribution in [0.3, 0.4) is 0 Å². The second-order valence-electron chi connectivity index (χ2n) is 13.3. The lowest BCUT2D eigenvalue weighted by Gasteiger charge is -2.57. The van der Waals surface area contributed by atoms with Crippen molar-refractivity contribution in [2.75, 3.05) is 0 Å². The van der Waals surface area contributed by atoms with E-state index in [4.69, 9.17) is 0 Å². The summed E-state index contributed by atoms with van der Waals surface area (Å²) in [4.78, 5) is 15.4. The van der Waals surface area contributed by atoms with E-state index in [-0.39, 0.29) is 10.9 Å². The first-order chi connectivity index (χ1) is 20.5. The highest BCUT2D eigenvalue weighted by molar-refractivity contribution is 7.97. The van der Waals surface area contributed by atoms with Crippen LogP contribution in [0.25, 0.3) is 0 Å². The van der Waals surface area contributed by atoms with Gasteiger partial charge >= 0.3 is 0 Å². The Kier molecular flexibility index (Phi) is 10.9. The summed E-state index contributed by atoms with van der Waals surface area (Å²) in [5.41, 5.74) is 2.53. The average molecular weight is 583 g/mol. The summed E-state index contributed by atoms with van der Waals surface area (Å²) in [5, 5.41) is 11.1. The fourth-order valence-corrected chi connectivity index (χ4v) is 10.1. The van der Waals surface area contributed by atoms with Gasteiger partial charge in [0.15, 0.2) is 14.7 Å². The number of benzene rings is 3. The highest BCUT2D eigenvalue weighted by atomic mass is 32.2. The number of rotatable bonds is 12. The predicted molar refractivity (Wildman–Crippen MR) is 174 cm³/mol. The van der Waals surface area contributed by atoms with E-state index in [9.17, 15) is 9.90 Å². The number of carboxylic acids is 1. The monoisotopic (exact) mass is 582 g/mol. The molecule has 4 fully saturated rings. The van der Waals surface area contributed by atoms with Crippen molar-refractivity contribution in [1.82, 2.24) is 0 Å². The minimum Gasteiger partial charge on any atom is -0.550 e. The van der Waals surface area contributed by atoms with Crippen LogP contribution in [-0.4, -0.2) is 5.97 Å². The summed E-state index contributed by atoms with van der Waals surface area (Å²) in [6.45, 7) is 4.54. The van der Waals surface area contributed by atoms with Gasteiger partial charge < -0.3 is 9.90 Å². The van der Waals surface area contributed by atoms with Crippen molar-refractivity contribution in [2.24, 2.45) is 23.2 Å². The third-order valence-corrected chi connectivity index (χ3v) is 12.1. The molecular formula is C39H50O2S. The van der Waals surface area contributed by atoms with E-state index >= 15 is 0 Å². The number of aryl methyl sites for hydroxylation is 2. The summed E-state index contributed by atoms with van der Waals surface area (Å²) >= 11 is 0. The van der Waals surface area contributed by atoms with Crippen molar-refractivity contribution in [2.45, 2.75) is 118 Å². The normalized spacial score (nSPS) is 23.9. The van der Waals surface area contributed by atoms with E-state index in [2.05, 4.69) is 92.7 Å². The van der Waals surface area contributed by atoms with Crippen LogP contribution in [0.4, 0.5) is 0 Å². The van der Waals surface area contributed by atoms with Crippen LogP contribution in [0.5, 0.6) is 0 Å². The molecule has 2 nitrogen and oxygen atoms in total. The molecule has 4 aliphatic carbocycles. The second kappa shape index (κ2) is 14.8. The molecule has 42 heavy (non-hydrogen) atoms. The topological polar surface area (TPSA) is 40.1 Å². The van der Waals surface area contributed by atoms with Gasteiger partial charge in [-0.25, -0.2) is 0 Å². The van der Waals surface area contributed by atoms with Gasteiger partial charge in [-0.1, -0.05) is 82.0 Å². The molecule has 0 N–H and O–H groups in total. The Labute approximate surface area is 257 Å². The highest BCUT2D eigenvalue weighted by Gasteiger charge is 2.51. The molecule has 4 saturated carbocycles. The first kappa shape index (κ1) is 30.9. The maximum Gasteiger partial charge on any atom is 0.166 e. The lowest BCUT2D eigenvalue weighted by molar-refractivity contribution is -0.327. The van der Waals surface area contributed by atoms with E-state index in [0.29, 0.717) is 17.8 Å². The predicted octanol–water partition coefficient (Wildman–Crippen LogP) is 9.20. The third-order valence-electron chi connectivity index (χ3n) is 9.91. The van der Waals surface area contributed by atoms with Crippen LogP contribution < -0.4 is 5.11 Å². The molecule has 4 bridgehead atoms. The smallest absolute Gasteiger partial charge is 0.166 e. The van der Waals surface area contributed by atoms with E-state index < -0.39 is 11.4 Å². The molecule has 0 heterocycles. The molecule has 7 rings (SSSR count). The minimum absolute atomic E-state index is 0.0458. The van der Waals surface area contributed by atoms with E-state index in [1.807, 2.05) is 0 Å². The molecule has 224 valence electrons. The van der Waals surface area contributed by atoms with Crippen LogP contribution in [0.2, 0.25) is 0 Å². The van der Waals surface area contributed by atoms with Crippen molar-refractivity contribution < 1.29 is 9.90 Å². The van der Waals surface area contributed by atoms with Gasteiger partial charge in [-0.15, -0.1) is 0 Å². The average Bonchev–Trinajstić information content (AvgIpc) is 2.99. The number of carbonyl (C=O) groups excluding carboxylic acids is 1. The Morgan fingerprint density at radius 1 is 0.643 bits per heavy atom. The Balaban J connectivity index is 0.000000222. The Bertz CT molecular complexity index is 1160. The number of aliphatic carboxylic acids is 1. The summed E-state index contributed by atoms with van der Waals surface area (Å²) in [5.74, 6) is 1.38. The van der Waals surface area contributed by atoms with Gasteiger partial charge in [0.1, 0.15) is 0 Å². The SMILES string of the molecule is CCCCCc1ccc([S+](c2ccccc2)c2ccc(CCCCC)cc2)cc1.O=C([O-])C12CC3CC(CC(C3)C1)C2. The van der Waals surface area contributed by atoms with Gasteiger partial charge in [0.2, 0.25) is 0 Å². The molecule has 0 aliphatic heterocycles. The van der Waals surface area contributed by atoms with Gasteiger partial charge in [-0.3, -0.25) is 0 Å². The second-order valence-corrected chi connectivity index (χ2v) is 15.3. The molecule has 0 unspecified atom stereocenters. The van der Waals surface area contributed by atoms with Crippen molar-refractivity contribution in [3.63, 3.8) is 0 Å². The number of unbranched alkanes of at least 4 members (excludes halogenated alkanes) is 4. The zero-order chi connectivity index (χ0) is 29.4. The standard InChI is InChI=1S/C28H35S.C11H16O2/c1-3-5-8-12-24-16-20-27(21-17-24)29(26-14-10-7-11-15-26)28-22-18-25(19-23-28)13-9-6-4-2;12-10(13)11-4-7-1-8(5-11)3-9(2-7)6-11/h7,10-11,14-23H,3-6,8-9,12-13H2,1-2H3;7-9H,1-6H2,(H,12,13)/q+1;/p-1. The fraction of sp³-hybridized carbons (Fsp3) is 0.513. The molecule has 0 aromatic heterocycles. The summed E-state index contributed by atoms with van der Waals surface area (Å²) in [7, 11) is -0.0458. The Hall–Kier alpha value is -2.52. The van der Waals surface area contributed by atoms with Gasteiger partial charge in [0, 0.05) is 11.4 Å². The molecule has 0 amide bonds. The zero-order valence-corrected chi connectivity index (χ0v) is 26.7. The largest absolute Gasteiger partial charge is 0.550 e. The minimum atomic E-state index is -0.758. The first-order valence-electron chi connectivity index (χ1n) is 16.7. The number of carbonyl (C=O) groups is 1. The van der Waals surface area contributed by atoms with E-state index in [1.54, 1.807) is 0 Å². The number of hydrogen-bond donors (Lipinski definition) is 0. The summed E-state index contributed by atoms with van der Waals surface area (Å²) in [6, 6.07) is 29.7. The van der Waals surface area contributed by atoms with Gasteiger partial charge in [0.25, 0.3) is 0 Å². The fourth-order valence-electron chi connectivity index (χ4n) is 8.07. The molecule has 3 aromatic carbocycles. The molecule has 3 aromatic rings. The Morgan fingerprint density at radius 2 is 1.05 bits per heavy atom. The lowest BCUT2D eigenvalue weighted by atomic mass is 9.49. The molecule has 0 atom stereocenters. The van der Waals surface area contributed by atoms with Gasteiger partial charge in [-0.05, 0) is 129 Å². The molecular weight excluding hydrogens is 532 g/mol. The van der Waals surface area contributed by atoms with Crippen molar-refractivity contribution in [3.8, 4) is 0 Å². The van der Waals surface area contributed by atoms with Crippen molar-refractivity contribution in [1.29, 1.82) is 0 Å². The maximum atomic E-state index is 11.1. The maximum absolute atomic E-state index is 11.1. The number of hydrogen-bond acceptors (Lipinski definition) is 2. The quantitative estimate of drug-likeness (QED) is 0.158. The van der Waals surface area contributed by atoms with Crippen molar-refractivity contribution >= 4 is 16.9 Å². The van der Waals surface area contributed by atoms with Crippen LogP contribution in [0.15, 0.2) is 93.5 Å². The summed E-state index contributed by atoms with van der Waals surface area (Å²) in [6.07, 6.45) is 16.8. The lowest BCUT2D eigenvalue weighted by Crippen LogP contribution is -2.54. The molecule has 0 spiro atoms. The highest BCUT2D eigenvalue weighted by Crippen LogP contribution is 2.59. The van der Waals surface area contributed by atoms with Crippen molar-refractivity contribution in [3.05, 3.63) is 90.0 Å².